The van der Waals surface area contributed by atoms with Crippen LogP contribution in [0.3, 0.4) is 0 Å². The Morgan fingerprint density at radius 3 is 2.13 bits per heavy atom. The van der Waals surface area contributed by atoms with Crippen LogP contribution in [0, 0.1) is 0 Å². The Hall–Kier alpha value is -7.09. The summed E-state index contributed by atoms with van der Waals surface area (Å²) in [5, 5.41) is 9.48. The predicted molar refractivity (Wildman–Crippen MR) is 245 cm³/mol. The van der Waals surface area contributed by atoms with Gasteiger partial charge in [-0.1, -0.05) is 91.4 Å². The highest BCUT2D eigenvalue weighted by molar-refractivity contribution is 7.16. The van der Waals surface area contributed by atoms with Gasteiger partial charge in [0, 0.05) is 35.3 Å². The average Bonchev–Trinajstić information content (AvgIpc) is 3.61. The molecular formula is C49H44ClN3O9S. The normalized spacial score (nSPS) is 11.5. The first-order valence-corrected chi connectivity index (χ1v) is 21.3. The van der Waals surface area contributed by atoms with Gasteiger partial charge in [0.15, 0.2) is 0 Å². The van der Waals surface area contributed by atoms with E-state index in [1.165, 1.54) is 41.7 Å². The first-order valence-electron chi connectivity index (χ1n) is 20.1. The van der Waals surface area contributed by atoms with E-state index in [0.29, 0.717) is 51.7 Å². The number of para-hydroxylation sites is 1. The van der Waals surface area contributed by atoms with Gasteiger partial charge in [0.1, 0.15) is 11.5 Å². The number of fused-ring (bicyclic) bond motifs is 1. The fourth-order valence-electron chi connectivity index (χ4n) is 6.04. The lowest BCUT2D eigenvalue weighted by molar-refractivity contribution is -0.138. The summed E-state index contributed by atoms with van der Waals surface area (Å²) in [6.07, 6.45) is 7.65. The summed E-state index contributed by atoms with van der Waals surface area (Å²) in [4.78, 5) is 49.2. The second kappa shape index (κ2) is 22.7. The highest BCUT2D eigenvalue weighted by atomic mass is 35.5. The Balaban J connectivity index is 1.16. The van der Waals surface area contributed by atoms with E-state index < -0.39 is 24.1 Å². The van der Waals surface area contributed by atoms with Crippen LogP contribution in [0.25, 0.3) is 38.5 Å². The minimum atomic E-state index is -0.743. The third kappa shape index (κ3) is 13.0. The molecule has 1 aromatic heterocycles. The first-order chi connectivity index (χ1) is 30.6. The standard InChI is InChI=1S/C49H44ClN3O9S/c1-4-6-27-60-49(57)62-40-21-15-34(16-22-40)41-25-19-37(31-42(41)50)36-14-13-33(38(30-36)32-51-52-48-53(3)43-11-7-8-12-44(43)63-48)20-26-46(55)61-39-23-17-35(18-24-39)47(56)59-29-10-9-28-58-45(54)5-2/h5,7-8,11-26,30-32H,2,4,6,9-10,27-29H2,1,3H3/b26-20+,51-32+,52-48-. The van der Waals surface area contributed by atoms with Crippen molar-refractivity contribution in [3.05, 3.63) is 154 Å². The number of unbranched alkanes of at least 4 members (excludes halogenated alkanes) is 2. The summed E-state index contributed by atoms with van der Waals surface area (Å²) in [5.74, 6) is -1.06. The molecule has 12 nitrogen and oxygen atoms in total. The summed E-state index contributed by atoms with van der Waals surface area (Å²) in [5.41, 5.74) is 5.99. The van der Waals surface area contributed by atoms with E-state index >= 15 is 0 Å². The fraction of sp³-hybridized carbons (Fsp3) is 0.184. The van der Waals surface area contributed by atoms with Gasteiger partial charge in [0.05, 0.1) is 41.8 Å². The van der Waals surface area contributed by atoms with Crippen LogP contribution < -0.4 is 14.3 Å². The summed E-state index contributed by atoms with van der Waals surface area (Å²) >= 11 is 8.37. The SMILES string of the molecule is C=CC(=O)OCCCCOC(=O)c1ccc(OC(=O)/C=C/c2ccc(-c3ccc(-c4ccc(OC(=O)OCCCC)cc4)c(Cl)c3)cc2/C=N/N=c2\sc3ccccc3n2C)cc1. The van der Waals surface area contributed by atoms with Gasteiger partial charge in [-0.15, -0.1) is 5.10 Å². The molecule has 0 saturated heterocycles. The molecule has 0 unspecified atom stereocenters. The summed E-state index contributed by atoms with van der Waals surface area (Å²) in [6, 6.07) is 32.5. The molecule has 0 aliphatic rings. The average molecular weight is 886 g/mol. The second-order valence-electron chi connectivity index (χ2n) is 13.9. The van der Waals surface area contributed by atoms with Gasteiger partial charge in [0.25, 0.3) is 0 Å². The monoisotopic (exact) mass is 885 g/mol. The number of ether oxygens (including phenoxy) is 5. The minimum Gasteiger partial charge on any atom is -0.463 e. The maximum atomic E-state index is 13.0. The second-order valence-corrected chi connectivity index (χ2v) is 15.3. The first kappa shape index (κ1) is 45.4. The third-order valence-electron chi connectivity index (χ3n) is 9.42. The molecule has 0 fully saturated rings. The molecule has 14 heteroatoms. The van der Waals surface area contributed by atoms with Gasteiger partial charge in [-0.2, -0.15) is 5.10 Å². The lowest BCUT2D eigenvalue weighted by atomic mass is 9.97. The largest absolute Gasteiger partial charge is 0.513 e. The van der Waals surface area contributed by atoms with Crippen molar-refractivity contribution >= 4 is 69.5 Å². The number of aromatic nitrogens is 1. The molecular weight excluding hydrogens is 842 g/mol. The van der Waals surface area contributed by atoms with Crippen LogP contribution in [0.5, 0.6) is 11.5 Å². The van der Waals surface area contributed by atoms with Crippen molar-refractivity contribution < 1.29 is 42.9 Å². The fourth-order valence-corrected chi connectivity index (χ4v) is 7.31. The Labute approximate surface area is 373 Å². The summed E-state index contributed by atoms with van der Waals surface area (Å²) in [7, 11) is 1.94. The Bertz CT molecular complexity index is 2720. The molecule has 63 heavy (non-hydrogen) atoms. The number of benzene rings is 5. The highest BCUT2D eigenvalue weighted by Gasteiger charge is 2.12. The van der Waals surface area contributed by atoms with Gasteiger partial charge in [-0.05, 0) is 108 Å². The molecule has 6 rings (SSSR count). The number of rotatable bonds is 18. The van der Waals surface area contributed by atoms with Crippen molar-refractivity contribution in [2.75, 3.05) is 19.8 Å². The van der Waals surface area contributed by atoms with Crippen molar-refractivity contribution in [3.63, 3.8) is 0 Å². The molecule has 0 N–H and O–H groups in total. The molecule has 322 valence electrons. The van der Waals surface area contributed by atoms with Crippen LogP contribution >= 0.6 is 22.9 Å². The van der Waals surface area contributed by atoms with Gasteiger partial charge in [0.2, 0.25) is 4.80 Å². The quantitative estimate of drug-likeness (QED) is 0.0120. The maximum Gasteiger partial charge on any atom is 0.513 e. The maximum absolute atomic E-state index is 13.0. The molecule has 5 aromatic carbocycles. The van der Waals surface area contributed by atoms with E-state index in [1.54, 1.807) is 24.4 Å². The van der Waals surface area contributed by atoms with Crippen molar-refractivity contribution in [2.45, 2.75) is 32.6 Å². The van der Waals surface area contributed by atoms with Gasteiger partial charge < -0.3 is 28.3 Å². The van der Waals surface area contributed by atoms with E-state index in [4.69, 9.17) is 35.3 Å². The van der Waals surface area contributed by atoms with Crippen LogP contribution in [0.1, 0.15) is 54.1 Å². The number of thiazole rings is 1. The Kier molecular flexibility index (Phi) is 16.3. The number of esters is 3. The molecule has 6 aromatic rings. The van der Waals surface area contributed by atoms with Gasteiger partial charge in [-0.3, -0.25) is 0 Å². The van der Waals surface area contributed by atoms with Crippen molar-refractivity contribution in [1.29, 1.82) is 0 Å². The lowest BCUT2D eigenvalue weighted by Crippen LogP contribution is -2.11. The van der Waals surface area contributed by atoms with Crippen molar-refractivity contribution in [2.24, 2.45) is 17.3 Å². The molecule has 1 heterocycles. The number of hydrogen-bond acceptors (Lipinski definition) is 12. The van der Waals surface area contributed by atoms with Gasteiger partial charge >= 0.3 is 24.1 Å². The molecule has 0 spiro atoms. The van der Waals surface area contributed by atoms with E-state index in [9.17, 15) is 19.2 Å². The Morgan fingerprint density at radius 1 is 0.730 bits per heavy atom. The number of aryl methyl sites for hydroxylation is 1. The molecule has 0 aliphatic heterocycles. The summed E-state index contributed by atoms with van der Waals surface area (Å²) < 4.78 is 29.1. The zero-order valence-electron chi connectivity index (χ0n) is 34.7. The van der Waals surface area contributed by atoms with E-state index in [1.807, 2.05) is 91.3 Å². The van der Waals surface area contributed by atoms with Crippen molar-refractivity contribution in [1.82, 2.24) is 4.57 Å². The molecule has 0 atom stereocenters. The van der Waals surface area contributed by atoms with Crippen LogP contribution in [-0.2, 0) is 30.8 Å². The van der Waals surface area contributed by atoms with Crippen LogP contribution in [0.2, 0.25) is 5.02 Å². The van der Waals surface area contributed by atoms with Crippen LogP contribution in [0.4, 0.5) is 4.79 Å². The highest BCUT2D eigenvalue weighted by Crippen LogP contribution is 2.34. The van der Waals surface area contributed by atoms with Crippen molar-refractivity contribution in [3.8, 4) is 33.8 Å². The molecule has 0 bridgehead atoms. The number of nitrogens with zero attached hydrogens (tertiary/aromatic N) is 3. The zero-order chi connectivity index (χ0) is 44.6. The third-order valence-corrected chi connectivity index (χ3v) is 10.8. The molecule has 0 amide bonds. The van der Waals surface area contributed by atoms with Gasteiger partial charge in [-0.25, -0.2) is 19.2 Å². The topological polar surface area (TPSA) is 144 Å². The molecule has 0 radical (unpaired) electrons. The Morgan fingerprint density at radius 2 is 1.40 bits per heavy atom. The molecule has 0 saturated carbocycles. The molecule has 0 aliphatic carbocycles. The lowest BCUT2D eigenvalue weighted by Gasteiger charge is -2.11. The minimum absolute atomic E-state index is 0.158. The van der Waals surface area contributed by atoms with E-state index in [0.717, 1.165) is 51.4 Å². The van der Waals surface area contributed by atoms with Crippen LogP contribution in [-0.4, -0.2) is 54.7 Å². The predicted octanol–water partition coefficient (Wildman–Crippen LogP) is 10.8. The van der Waals surface area contributed by atoms with E-state index in [2.05, 4.69) is 16.8 Å². The zero-order valence-corrected chi connectivity index (χ0v) is 36.2. The number of hydrogen-bond donors (Lipinski definition) is 0. The number of carbonyl (C=O) groups excluding carboxylic acids is 4. The van der Waals surface area contributed by atoms with E-state index in [-0.39, 0.29) is 19.0 Å². The number of carbonyl (C=O) groups is 4. The summed E-state index contributed by atoms with van der Waals surface area (Å²) in [6.45, 7) is 6.02. The smallest absolute Gasteiger partial charge is 0.463 e. The van der Waals surface area contributed by atoms with Crippen LogP contribution in [0.15, 0.2) is 138 Å². The number of halogens is 1.